The molecule has 4 atom stereocenters. The number of fused-ring (bicyclic) bond motifs is 1. The lowest BCUT2D eigenvalue weighted by atomic mass is 9.84. The maximum Gasteiger partial charge on any atom is 0.283 e. The number of nitrogens with two attached hydrogens (primary N) is 1. The Labute approximate surface area is 175 Å². The Morgan fingerprint density at radius 3 is 2.87 bits per heavy atom. The highest BCUT2D eigenvalue weighted by Gasteiger charge is 2.65. The van der Waals surface area contributed by atoms with E-state index in [4.69, 9.17) is 27.3 Å². The third kappa shape index (κ3) is 3.13. The molecule has 30 heavy (non-hydrogen) atoms. The van der Waals surface area contributed by atoms with E-state index in [1.165, 1.54) is 24.4 Å². The molecule has 1 amide bonds. The largest absolute Gasteiger partial charge is 0.461 e. The number of hydrogen-bond donors (Lipinski definition) is 2. The van der Waals surface area contributed by atoms with Gasteiger partial charge >= 0.3 is 0 Å². The fraction of sp³-hybridized carbons (Fsp3) is 0.300. The molecule has 0 bridgehead atoms. The lowest BCUT2D eigenvalue weighted by Crippen LogP contribution is -2.39. The number of nitriles is 1. The predicted molar refractivity (Wildman–Crippen MR) is 105 cm³/mol. The number of nitrogens with one attached hydrogen (secondary N) is 1. The Balaban J connectivity index is 1.71. The minimum atomic E-state index is -1.50. The van der Waals surface area contributed by atoms with Crippen molar-refractivity contribution in [3.63, 3.8) is 0 Å². The molecule has 154 valence electrons. The molecule has 7 nitrogen and oxygen atoms in total. The molecule has 1 fully saturated rings. The Morgan fingerprint density at radius 2 is 2.23 bits per heavy atom. The van der Waals surface area contributed by atoms with Crippen LogP contribution < -0.4 is 11.1 Å². The number of halogens is 3. The fourth-order valence-corrected chi connectivity index (χ4v) is 4.22. The first-order valence-electron chi connectivity index (χ1n) is 9.05. The highest BCUT2D eigenvalue weighted by molar-refractivity contribution is 6.31. The Hall–Kier alpha value is -3.25. The van der Waals surface area contributed by atoms with Crippen molar-refractivity contribution in [2.75, 3.05) is 12.0 Å². The number of aromatic nitrogens is 1. The molecular formula is C20H16ClF2N5O2. The summed E-state index contributed by atoms with van der Waals surface area (Å²) >= 11 is 6.18. The van der Waals surface area contributed by atoms with Gasteiger partial charge in [-0.3, -0.25) is 4.79 Å². The highest BCUT2D eigenvalue weighted by atomic mass is 35.5. The molecule has 1 aromatic carbocycles. The summed E-state index contributed by atoms with van der Waals surface area (Å²) in [6, 6.07) is 6.92. The predicted octanol–water partition coefficient (Wildman–Crippen LogP) is 3.14. The van der Waals surface area contributed by atoms with Crippen LogP contribution in [0.3, 0.4) is 0 Å². The average Bonchev–Trinajstić information content (AvgIpc) is 3.39. The summed E-state index contributed by atoms with van der Waals surface area (Å²) in [7, 11) is 0. The van der Waals surface area contributed by atoms with E-state index in [9.17, 15) is 13.6 Å². The van der Waals surface area contributed by atoms with Gasteiger partial charge in [-0.1, -0.05) is 18.5 Å². The van der Waals surface area contributed by atoms with E-state index < -0.39 is 23.9 Å². The molecule has 1 saturated carbocycles. The van der Waals surface area contributed by atoms with Gasteiger partial charge in [0.1, 0.15) is 35.9 Å². The van der Waals surface area contributed by atoms with Crippen molar-refractivity contribution in [2.45, 2.75) is 18.6 Å². The average molecular weight is 432 g/mol. The number of anilines is 1. The summed E-state index contributed by atoms with van der Waals surface area (Å²) in [6.07, 6.45) is 0.910. The number of nitrogens with zero attached hydrogens (tertiary/aromatic N) is 3. The first kappa shape index (κ1) is 20.0. The number of carbonyl (C=O) groups excluding carboxylic acids is 1. The van der Waals surface area contributed by atoms with Gasteiger partial charge in [-0.05, 0) is 24.3 Å². The molecule has 3 N–H and O–H groups in total. The Morgan fingerprint density at radius 1 is 1.47 bits per heavy atom. The number of benzene rings is 1. The van der Waals surface area contributed by atoms with Crippen molar-refractivity contribution in [1.29, 1.82) is 5.26 Å². The molecule has 0 spiro atoms. The van der Waals surface area contributed by atoms with Crippen LogP contribution in [0.25, 0.3) is 0 Å². The number of rotatable bonds is 4. The standard InChI is InChI=1S/C20H16ClF2N5O2/c1-9-15-17(9)30-19(25)28-20(15,8-22)12-4-11(5-13(23)16(12)21)27-18(29)14-3-2-10(6-24)7-26-14/h2-5,7,9,15,17H,8H2,1H3,(H2,25,28)(H,27,29)/t9-,15+,17-,20-/m0/s1. The Kier molecular flexibility index (Phi) is 4.82. The van der Waals surface area contributed by atoms with Crippen LogP contribution in [0, 0.1) is 29.0 Å². The van der Waals surface area contributed by atoms with Gasteiger partial charge in [0.2, 0.25) is 0 Å². The number of alkyl halides is 1. The maximum atomic E-state index is 14.6. The molecule has 0 unspecified atom stereocenters. The molecule has 10 heteroatoms. The zero-order chi connectivity index (χ0) is 21.6. The number of amidine groups is 1. The Bertz CT molecular complexity index is 1100. The molecular weight excluding hydrogens is 416 g/mol. The van der Waals surface area contributed by atoms with Gasteiger partial charge in [-0.15, -0.1) is 0 Å². The first-order valence-corrected chi connectivity index (χ1v) is 9.43. The lowest BCUT2D eigenvalue weighted by molar-refractivity contribution is 0.102. The number of pyridine rings is 1. The summed E-state index contributed by atoms with van der Waals surface area (Å²) < 4.78 is 34.4. The molecule has 1 aliphatic carbocycles. The number of amides is 1. The quantitative estimate of drug-likeness (QED) is 0.772. The van der Waals surface area contributed by atoms with Gasteiger partial charge in [-0.2, -0.15) is 5.26 Å². The SMILES string of the molecule is C[C@@H]1[C@@H]2OC(N)=N[C@@](CF)(c3cc(NC(=O)c4ccc(C#N)cn4)cc(F)c3Cl)[C@H]12. The van der Waals surface area contributed by atoms with Crippen molar-refractivity contribution in [3.8, 4) is 6.07 Å². The third-order valence-corrected chi connectivity index (χ3v) is 5.88. The summed E-state index contributed by atoms with van der Waals surface area (Å²) in [5, 5.41) is 11.0. The highest BCUT2D eigenvalue weighted by Crippen LogP contribution is 2.58. The topological polar surface area (TPSA) is 113 Å². The number of ether oxygens (including phenoxy) is 1. The van der Waals surface area contributed by atoms with Crippen LogP contribution in [0.4, 0.5) is 14.5 Å². The third-order valence-electron chi connectivity index (χ3n) is 5.50. The summed E-state index contributed by atoms with van der Waals surface area (Å²) in [6.45, 7) is 0.899. The van der Waals surface area contributed by atoms with Crippen LogP contribution in [-0.2, 0) is 10.3 Å². The van der Waals surface area contributed by atoms with Gasteiger partial charge < -0.3 is 15.8 Å². The van der Waals surface area contributed by atoms with Crippen molar-refractivity contribution in [3.05, 3.63) is 58.1 Å². The van der Waals surface area contributed by atoms with E-state index >= 15 is 0 Å². The minimum Gasteiger partial charge on any atom is -0.461 e. The van der Waals surface area contributed by atoms with Gasteiger partial charge in [0.15, 0.2) is 0 Å². The first-order chi connectivity index (χ1) is 14.3. The number of hydrogen-bond acceptors (Lipinski definition) is 6. The monoisotopic (exact) mass is 431 g/mol. The van der Waals surface area contributed by atoms with Gasteiger partial charge in [0.05, 0.1) is 10.6 Å². The van der Waals surface area contributed by atoms with Crippen LogP contribution in [0.1, 0.15) is 28.5 Å². The second-order valence-corrected chi connectivity index (χ2v) is 7.67. The molecule has 1 aromatic heterocycles. The van der Waals surface area contributed by atoms with Crippen LogP contribution in [-0.4, -0.2) is 29.7 Å². The summed E-state index contributed by atoms with van der Waals surface area (Å²) in [4.78, 5) is 20.5. The zero-order valence-corrected chi connectivity index (χ0v) is 16.5. The zero-order valence-electron chi connectivity index (χ0n) is 15.7. The molecule has 0 radical (unpaired) electrons. The van der Waals surface area contributed by atoms with Crippen LogP contribution >= 0.6 is 11.6 Å². The van der Waals surface area contributed by atoms with Crippen molar-refractivity contribution in [1.82, 2.24) is 4.98 Å². The second kappa shape index (κ2) is 7.22. The maximum absolute atomic E-state index is 14.6. The number of carbonyl (C=O) groups is 1. The smallest absolute Gasteiger partial charge is 0.283 e. The van der Waals surface area contributed by atoms with Gasteiger partial charge in [0.25, 0.3) is 11.9 Å². The van der Waals surface area contributed by atoms with E-state index in [0.29, 0.717) is 5.56 Å². The van der Waals surface area contributed by atoms with E-state index in [1.807, 2.05) is 13.0 Å². The van der Waals surface area contributed by atoms with Crippen molar-refractivity contribution < 1.29 is 18.3 Å². The van der Waals surface area contributed by atoms with Crippen LogP contribution in [0.5, 0.6) is 0 Å². The molecule has 4 rings (SSSR count). The van der Waals surface area contributed by atoms with E-state index in [-0.39, 0.29) is 45.9 Å². The molecule has 0 saturated heterocycles. The van der Waals surface area contributed by atoms with E-state index in [0.717, 1.165) is 6.07 Å². The normalized spacial score (nSPS) is 26.6. The van der Waals surface area contributed by atoms with Crippen LogP contribution in [0.2, 0.25) is 5.02 Å². The summed E-state index contributed by atoms with van der Waals surface area (Å²) in [5.74, 6) is -1.88. The molecule has 2 heterocycles. The van der Waals surface area contributed by atoms with Crippen molar-refractivity contribution >= 4 is 29.2 Å². The summed E-state index contributed by atoms with van der Waals surface area (Å²) in [5.41, 5.74) is 4.68. The molecule has 2 aliphatic rings. The fourth-order valence-electron chi connectivity index (χ4n) is 3.95. The van der Waals surface area contributed by atoms with Gasteiger partial charge in [0, 0.05) is 29.3 Å². The van der Waals surface area contributed by atoms with Crippen LogP contribution in [0.15, 0.2) is 35.5 Å². The van der Waals surface area contributed by atoms with E-state index in [1.54, 1.807) is 0 Å². The van der Waals surface area contributed by atoms with Crippen molar-refractivity contribution in [2.24, 2.45) is 22.6 Å². The molecule has 1 aliphatic heterocycles. The van der Waals surface area contributed by atoms with Gasteiger partial charge in [-0.25, -0.2) is 18.8 Å². The lowest BCUT2D eigenvalue weighted by Gasteiger charge is -2.32. The second-order valence-electron chi connectivity index (χ2n) is 7.29. The molecule has 2 aromatic rings. The number of aliphatic imine (C=N–C) groups is 1. The minimum absolute atomic E-state index is 0.0234. The van der Waals surface area contributed by atoms with E-state index in [2.05, 4.69) is 15.3 Å².